The van der Waals surface area contributed by atoms with Crippen LogP contribution in [0.4, 0.5) is 11.4 Å². The van der Waals surface area contributed by atoms with Crippen molar-refractivity contribution in [2.24, 2.45) is 18.7 Å². The van der Waals surface area contributed by atoms with Crippen molar-refractivity contribution in [1.82, 2.24) is 9.55 Å². The molecule has 1 amide bonds. The molecule has 0 atom stereocenters. The van der Waals surface area contributed by atoms with Crippen LogP contribution in [-0.4, -0.2) is 22.0 Å². The number of aryl methyl sites for hydroxylation is 1. The molecule has 2 saturated carbocycles. The van der Waals surface area contributed by atoms with Crippen LogP contribution in [0.3, 0.4) is 0 Å². The normalized spacial score (nSPS) is 14.9. The molecule has 0 saturated heterocycles. The van der Waals surface area contributed by atoms with Crippen molar-refractivity contribution in [3.05, 3.63) is 87.8 Å². The van der Waals surface area contributed by atoms with Gasteiger partial charge < -0.3 is 15.2 Å². The third-order valence-electron chi connectivity index (χ3n) is 7.46. The highest BCUT2D eigenvalue weighted by Gasteiger charge is 2.30. The molecule has 2 fully saturated rings. The molecule has 184 valence electrons. The molecule has 7 nitrogen and oxygen atoms in total. The van der Waals surface area contributed by atoms with E-state index in [2.05, 4.69) is 34.2 Å². The smallest absolute Gasteiger partial charge is 0.252 e. The van der Waals surface area contributed by atoms with E-state index in [0.717, 1.165) is 54.7 Å². The van der Waals surface area contributed by atoms with Crippen molar-refractivity contribution < 1.29 is 4.79 Å². The zero-order valence-electron chi connectivity index (χ0n) is 20.6. The van der Waals surface area contributed by atoms with Crippen LogP contribution < -0.4 is 16.2 Å². The Kier molecular flexibility index (Phi) is 5.53. The summed E-state index contributed by atoms with van der Waals surface area (Å²) in [6, 6.07) is 21.2. The number of anilines is 2. The Balaban J connectivity index is 1.53. The number of rotatable bonds is 7. The predicted octanol–water partition coefficient (Wildman–Crippen LogP) is 5.00. The van der Waals surface area contributed by atoms with Crippen LogP contribution in [0.5, 0.6) is 0 Å². The van der Waals surface area contributed by atoms with Gasteiger partial charge in [0.15, 0.2) is 0 Å². The number of primary amides is 1. The van der Waals surface area contributed by atoms with Crippen molar-refractivity contribution in [2.45, 2.75) is 31.6 Å². The molecule has 6 rings (SSSR count). The maximum atomic E-state index is 13.0. The lowest BCUT2D eigenvalue weighted by atomic mass is 9.94. The number of fused-ring (bicyclic) bond motifs is 1. The molecule has 2 aliphatic carbocycles. The van der Waals surface area contributed by atoms with Crippen LogP contribution in [0, 0.1) is 17.2 Å². The molecular formula is C30H27N5O2. The minimum absolute atomic E-state index is 0.119. The van der Waals surface area contributed by atoms with Crippen LogP contribution in [0.15, 0.2) is 65.5 Å². The first kappa shape index (κ1) is 23.0. The van der Waals surface area contributed by atoms with Gasteiger partial charge in [-0.1, -0.05) is 18.2 Å². The van der Waals surface area contributed by atoms with E-state index in [9.17, 15) is 14.9 Å². The summed E-state index contributed by atoms with van der Waals surface area (Å²) in [5.74, 6) is 0.626. The zero-order valence-corrected chi connectivity index (χ0v) is 20.6. The van der Waals surface area contributed by atoms with E-state index in [4.69, 9.17) is 5.73 Å². The number of nitriles is 1. The van der Waals surface area contributed by atoms with Gasteiger partial charge in [0, 0.05) is 30.9 Å². The molecule has 0 spiro atoms. The molecule has 0 unspecified atom stereocenters. The van der Waals surface area contributed by atoms with Crippen molar-refractivity contribution >= 4 is 28.3 Å². The molecular weight excluding hydrogens is 462 g/mol. The molecule has 0 radical (unpaired) electrons. The van der Waals surface area contributed by atoms with Gasteiger partial charge >= 0.3 is 0 Å². The lowest BCUT2D eigenvalue weighted by Gasteiger charge is -2.27. The van der Waals surface area contributed by atoms with Gasteiger partial charge in [0.1, 0.15) is 17.3 Å². The molecule has 2 aromatic heterocycles. The number of hydrogen-bond acceptors (Lipinski definition) is 5. The highest BCUT2D eigenvalue weighted by Crippen LogP contribution is 2.46. The van der Waals surface area contributed by atoms with E-state index in [0.29, 0.717) is 34.1 Å². The molecule has 2 heterocycles. The quantitative estimate of drug-likeness (QED) is 0.393. The molecule has 2 aromatic carbocycles. The Morgan fingerprint density at radius 3 is 2.49 bits per heavy atom. The average Bonchev–Trinajstić information content (AvgIpc) is 3.84. The largest absolute Gasteiger partial charge is 0.366 e. The maximum Gasteiger partial charge on any atom is 0.252 e. The molecule has 7 heteroatoms. The highest BCUT2D eigenvalue weighted by atomic mass is 16.1. The highest BCUT2D eigenvalue weighted by molar-refractivity contribution is 5.94. The first-order valence-electron chi connectivity index (χ1n) is 12.7. The Morgan fingerprint density at radius 2 is 1.84 bits per heavy atom. The fraction of sp³-hybridized carbons (Fsp3) is 0.267. The van der Waals surface area contributed by atoms with Crippen LogP contribution >= 0.6 is 0 Å². The molecule has 2 aliphatic rings. The Bertz CT molecular complexity index is 1640. The number of nitrogens with zero attached hydrogens (tertiary/aromatic N) is 4. The standard InChI is InChI=1S/C30H27N5O2/c1-34-26-13-10-22(16-31)33-29(26)27(15-28(34)36)35(17-18-2-3-18)23-11-12-24(19-4-5-19)25(14-23)20-6-8-21(9-7-20)30(32)37/h6-15,18-19H,2-5,17H2,1H3,(H2,32,37). The van der Waals surface area contributed by atoms with E-state index in [1.54, 1.807) is 41.9 Å². The number of hydrogen-bond donors (Lipinski definition) is 1. The first-order valence-corrected chi connectivity index (χ1v) is 12.7. The minimum Gasteiger partial charge on any atom is -0.366 e. The summed E-state index contributed by atoms with van der Waals surface area (Å²) in [4.78, 5) is 31.4. The predicted molar refractivity (Wildman–Crippen MR) is 144 cm³/mol. The zero-order chi connectivity index (χ0) is 25.7. The molecule has 2 N–H and O–H groups in total. The van der Waals surface area contributed by atoms with E-state index >= 15 is 0 Å². The summed E-state index contributed by atoms with van der Waals surface area (Å²) in [5, 5.41) is 9.50. The Morgan fingerprint density at radius 1 is 1.08 bits per heavy atom. The monoisotopic (exact) mass is 489 g/mol. The number of carbonyl (C=O) groups is 1. The number of amides is 1. The second kappa shape index (κ2) is 8.90. The van der Waals surface area contributed by atoms with Gasteiger partial charge in [-0.15, -0.1) is 0 Å². The lowest BCUT2D eigenvalue weighted by molar-refractivity contribution is 0.100. The van der Waals surface area contributed by atoms with Gasteiger partial charge in [-0.2, -0.15) is 5.26 Å². The number of carbonyl (C=O) groups excluding carboxylic acids is 1. The summed E-state index contributed by atoms with van der Waals surface area (Å²) in [7, 11) is 1.73. The van der Waals surface area contributed by atoms with Gasteiger partial charge in [0.2, 0.25) is 5.91 Å². The Hall–Kier alpha value is -4.44. The van der Waals surface area contributed by atoms with Gasteiger partial charge in [-0.05, 0) is 90.6 Å². The van der Waals surface area contributed by atoms with Gasteiger partial charge in [-0.3, -0.25) is 9.59 Å². The molecule has 4 aromatic rings. The van der Waals surface area contributed by atoms with E-state index in [1.807, 2.05) is 12.1 Å². The van der Waals surface area contributed by atoms with Crippen LogP contribution in [0.2, 0.25) is 0 Å². The van der Waals surface area contributed by atoms with Crippen molar-refractivity contribution in [1.29, 1.82) is 5.26 Å². The summed E-state index contributed by atoms with van der Waals surface area (Å²) >= 11 is 0. The second-order valence-corrected chi connectivity index (χ2v) is 10.1. The molecule has 37 heavy (non-hydrogen) atoms. The van der Waals surface area contributed by atoms with Crippen molar-refractivity contribution in [2.75, 3.05) is 11.4 Å². The first-order chi connectivity index (χ1) is 17.9. The molecule has 0 bridgehead atoms. The van der Waals surface area contributed by atoms with Crippen LogP contribution in [0.1, 0.15) is 53.2 Å². The minimum atomic E-state index is -0.444. The molecule has 0 aliphatic heterocycles. The summed E-state index contributed by atoms with van der Waals surface area (Å²) < 4.78 is 1.57. The van der Waals surface area contributed by atoms with Crippen LogP contribution in [-0.2, 0) is 7.05 Å². The van der Waals surface area contributed by atoms with Crippen molar-refractivity contribution in [3.63, 3.8) is 0 Å². The van der Waals surface area contributed by atoms with Crippen LogP contribution in [0.25, 0.3) is 22.2 Å². The van der Waals surface area contributed by atoms with Gasteiger partial charge in [0.25, 0.3) is 5.56 Å². The van der Waals surface area contributed by atoms with Gasteiger partial charge in [-0.25, -0.2) is 4.98 Å². The van der Waals surface area contributed by atoms with Crippen molar-refractivity contribution in [3.8, 4) is 17.2 Å². The number of nitrogens with two attached hydrogens (primary N) is 1. The number of benzene rings is 2. The fourth-order valence-electron chi connectivity index (χ4n) is 5.01. The summed E-state index contributed by atoms with van der Waals surface area (Å²) in [6.45, 7) is 0.767. The van der Waals surface area contributed by atoms with E-state index in [-0.39, 0.29) is 5.56 Å². The topological polar surface area (TPSA) is 105 Å². The fourth-order valence-corrected chi connectivity index (χ4v) is 5.01. The Labute approximate surface area is 214 Å². The maximum absolute atomic E-state index is 13.0. The van der Waals surface area contributed by atoms with E-state index < -0.39 is 5.91 Å². The summed E-state index contributed by atoms with van der Waals surface area (Å²) in [6.07, 6.45) is 4.63. The third-order valence-corrected chi connectivity index (χ3v) is 7.46. The average molecular weight is 490 g/mol. The SMILES string of the molecule is Cn1c(=O)cc(N(CC2CC2)c2ccc(C3CC3)c(-c3ccc(C(N)=O)cc3)c2)c2nc(C#N)ccc21. The lowest BCUT2D eigenvalue weighted by Crippen LogP contribution is -2.25. The van der Waals surface area contributed by atoms with Gasteiger partial charge in [0.05, 0.1) is 11.2 Å². The van der Waals surface area contributed by atoms with E-state index in [1.165, 1.54) is 5.56 Å². The summed E-state index contributed by atoms with van der Waals surface area (Å²) in [5.41, 5.74) is 12.6. The second-order valence-electron chi connectivity index (χ2n) is 10.1. The third kappa shape index (κ3) is 4.36. The number of pyridine rings is 2. The number of aromatic nitrogens is 2.